The molecule has 1 amide bonds. The average molecular weight is 510 g/mol. The molecule has 2 aliphatic carbocycles. The van der Waals surface area contributed by atoms with Crippen molar-refractivity contribution in [1.82, 2.24) is 5.32 Å². The van der Waals surface area contributed by atoms with Gasteiger partial charge < -0.3 is 5.32 Å². The molecule has 0 aromatic rings. The van der Waals surface area contributed by atoms with Crippen LogP contribution >= 0.6 is 0 Å². The van der Waals surface area contributed by atoms with E-state index in [-0.39, 0.29) is 16.8 Å². The molecule has 0 aromatic heterocycles. The van der Waals surface area contributed by atoms with Gasteiger partial charge in [0, 0.05) is 10.9 Å². The zero-order valence-electron chi connectivity index (χ0n) is 25.8. The summed E-state index contributed by atoms with van der Waals surface area (Å²) < 4.78 is 0. The minimum absolute atomic E-state index is 0.123. The molecule has 0 unspecified atom stereocenters. The smallest absolute Gasteiger partial charge is 0.217 e. The molecule has 4 heteroatoms. The minimum Gasteiger partial charge on any atom is -0.351 e. The Labute approximate surface area is 234 Å². The number of hydrogen-bond donors (Lipinski definition) is 1. The number of carbonyl (C=O) groups excluding carboxylic acids is 1. The number of amides is 1. The standard InChI is InChI=1S/C33H62B2NO/c1-6-8-10-17-25-32(5,26-18-11-9-7-2)36-29(37)33(34)27-19-23-31(4,24-20-28-33)35-30(3)21-15-13-12-14-16-22-30/h6-28H2,1-5H3,(H,36,37). The molecule has 37 heavy (non-hydrogen) atoms. The molecular formula is C33H62B2NO. The zero-order valence-corrected chi connectivity index (χ0v) is 25.8. The van der Waals surface area contributed by atoms with Crippen molar-refractivity contribution in [2.45, 2.75) is 204 Å². The van der Waals surface area contributed by atoms with Crippen LogP contribution in [0.3, 0.4) is 0 Å². The van der Waals surface area contributed by atoms with E-state index < -0.39 is 5.31 Å². The van der Waals surface area contributed by atoms with Crippen molar-refractivity contribution in [3.63, 3.8) is 0 Å². The summed E-state index contributed by atoms with van der Waals surface area (Å²) in [4.78, 5) is 13.7. The molecular weight excluding hydrogens is 448 g/mol. The van der Waals surface area contributed by atoms with Gasteiger partial charge in [0.05, 0.1) is 7.85 Å². The van der Waals surface area contributed by atoms with E-state index in [4.69, 9.17) is 7.85 Å². The Kier molecular flexibility index (Phi) is 14.2. The van der Waals surface area contributed by atoms with E-state index in [2.05, 4.69) is 47.2 Å². The number of rotatable bonds is 14. The van der Waals surface area contributed by atoms with Crippen LogP contribution in [0.4, 0.5) is 0 Å². The third-order valence-electron chi connectivity index (χ3n) is 9.97. The first-order valence-corrected chi connectivity index (χ1v) is 16.6. The van der Waals surface area contributed by atoms with Gasteiger partial charge in [-0.05, 0) is 32.6 Å². The lowest BCUT2D eigenvalue weighted by molar-refractivity contribution is -0.126. The van der Waals surface area contributed by atoms with Crippen LogP contribution in [0.2, 0.25) is 15.9 Å². The lowest BCUT2D eigenvalue weighted by atomic mass is 9.35. The van der Waals surface area contributed by atoms with Crippen LogP contribution in [0, 0.1) is 0 Å². The first-order valence-electron chi connectivity index (χ1n) is 16.6. The summed E-state index contributed by atoms with van der Waals surface area (Å²) >= 11 is 0. The predicted molar refractivity (Wildman–Crippen MR) is 165 cm³/mol. The maximum absolute atomic E-state index is 13.7. The summed E-state index contributed by atoms with van der Waals surface area (Å²) in [5.41, 5.74) is -0.123. The van der Waals surface area contributed by atoms with E-state index in [1.165, 1.54) is 109 Å². The van der Waals surface area contributed by atoms with E-state index >= 15 is 0 Å². The second kappa shape index (κ2) is 16.0. The summed E-state index contributed by atoms with van der Waals surface area (Å²) in [6.07, 6.45) is 27.9. The highest BCUT2D eigenvalue weighted by molar-refractivity contribution is 6.44. The van der Waals surface area contributed by atoms with Gasteiger partial charge in [0.1, 0.15) is 7.28 Å². The van der Waals surface area contributed by atoms with E-state index in [0.29, 0.717) is 5.31 Å². The molecule has 2 saturated carbocycles. The SMILES string of the molecule is [B]C1(C(=O)NC(C)(CCCCCC)CCCCCC)CCCC(C)([B]C2(C)CCCCCCC2)CCC1. The Morgan fingerprint density at radius 2 is 1.14 bits per heavy atom. The fourth-order valence-electron chi connectivity index (χ4n) is 7.47. The molecule has 0 aliphatic heterocycles. The minimum atomic E-state index is -0.709. The first kappa shape index (κ1) is 32.8. The molecule has 0 aromatic carbocycles. The van der Waals surface area contributed by atoms with Crippen molar-refractivity contribution < 1.29 is 4.79 Å². The van der Waals surface area contributed by atoms with E-state index in [0.717, 1.165) is 38.5 Å². The summed E-state index contributed by atoms with van der Waals surface area (Å²) in [6, 6.07) is 0. The van der Waals surface area contributed by atoms with Crippen molar-refractivity contribution in [1.29, 1.82) is 0 Å². The molecule has 0 saturated heterocycles. The highest BCUT2D eigenvalue weighted by Gasteiger charge is 2.41. The van der Waals surface area contributed by atoms with Crippen molar-refractivity contribution >= 4 is 21.0 Å². The second-order valence-electron chi connectivity index (χ2n) is 14.2. The van der Waals surface area contributed by atoms with Crippen LogP contribution in [-0.2, 0) is 4.79 Å². The molecule has 2 aliphatic rings. The maximum atomic E-state index is 13.7. The van der Waals surface area contributed by atoms with Crippen LogP contribution < -0.4 is 5.32 Å². The summed E-state index contributed by atoms with van der Waals surface area (Å²) in [7, 11) is 9.71. The molecule has 0 heterocycles. The fourth-order valence-corrected chi connectivity index (χ4v) is 7.47. The molecule has 3 radical (unpaired) electrons. The third kappa shape index (κ3) is 11.7. The number of hydrogen-bond acceptors (Lipinski definition) is 1. The zero-order chi connectivity index (χ0) is 27.3. The summed E-state index contributed by atoms with van der Waals surface area (Å²) in [6.45, 7) is 11.8. The lowest BCUT2D eigenvalue weighted by Crippen LogP contribution is -2.50. The molecule has 2 fully saturated rings. The predicted octanol–water partition coefficient (Wildman–Crippen LogP) is 10.3. The molecule has 211 valence electrons. The van der Waals surface area contributed by atoms with Crippen molar-refractivity contribution in [3.05, 3.63) is 0 Å². The molecule has 0 spiro atoms. The quantitative estimate of drug-likeness (QED) is 0.183. The number of unbranched alkanes of at least 4 members (excludes halogenated alkanes) is 6. The van der Waals surface area contributed by atoms with Crippen molar-refractivity contribution in [2.75, 3.05) is 0 Å². The van der Waals surface area contributed by atoms with Gasteiger partial charge in [-0.15, -0.1) is 0 Å². The molecule has 0 atom stereocenters. The summed E-state index contributed by atoms with van der Waals surface area (Å²) in [5, 5.41) is 3.48. The van der Waals surface area contributed by atoms with Gasteiger partial charge in [0.15, 0.2) is 0 Å². The van der Waals surface area contributed by atoms with Gasteiger partial charge in [0.25, 0.3) is 0 Å². The third-order valence-corrected chi connectivity index (χ3v) is 9.97. The van der Waals surface area contributed by atoms with Crippen LogP contribution in [0.15, 0.2) is 0 Å². The molecule has 2 nitrogen and oxygen atoms in total. The van der Waals surface area contributed by atoms with E-state index in [1.807, 2.05) is 0 Å². The largest absolute Gasteiger partial charge is 0.351 e. The highest BCUT2D eigenvalue weighted by atomic mass is 16.2. The Hall–Kier alpha value is -0.400. The molecule has 2 rings (SSSR count). The van der Waals surface area contributed by atoms with Crippen LogP contribution in [0.25, 0.3) is 0 Å². The molecule has 1 N–H and O–H groups in total. The summed E-state index contributed by atoms with van der Waals surface area (Å²) in [5.74, 6) is 0.126. The van der Waals surface area contributed by atoms with Gasteiger partial charge in [0.2, 0.25) is 5.91 Å². The highest BCUT2D eigenvalue weighted by Crippen LogP contribution is 2.52. The van der Waals surface area contributed by atoms with Crippen LogP contribution in [0.5, 0.6) is 0 Å². The van der Waals surface area contributed by atoms with Gasteiger partial charge in [-0.3, -0.25) is 4.79 Å². The fraction of sp³-hybridized carbons (Fsp3) is 0.970. The van der Waals surface area contributed by atoms with Gasteiger partial charge in [-0.1, -0.05) is 160 Å². The molecule has 0 bridgehead atoms. The lowest BCUT2D eigenvalue weighted by Gasteiger charge is -2.44. The average Bonchev–Trinajstić information content (AvgIpc) is 2.81. The monoisotopic (exact) mass is 511 g/mol. The van der Waals surface area contributed by atoms with Crippen molar-refractivity contribution in [2.24, 2.45) is 0 Å². The van der Waals surface area contributed by atoms with Crippen molar-refractivity contribution in [3.8, 4) is 0 Å². The first-order chi connectivity index (χ1) is 17.6. The van der Waals surface area contributed by atoms with Gasteiger partial charge >= 0.3 is 0 Å². The maximum Gasteiger partial charge on any atom is 0.217 e. The van der Waals surface area contributed by atoms with Gasteiger partial charge in [-0.25, -0.2) is 0 Å². The Morgan fingerprint density at radius 3 is 1.59 bits per heavy atom. The second-order valence-corrected chi connectivity index (χ2v) is 14.2. The van der Waals surface area contributed by atoms with E-state index in [1.54, 1.807) is 0 Å². The van der Waals surface area contributed by atoms with Gasteiger partial charge in [-0.2, -0.15) is 0 Å². The Bertz CT molecular complexity index is 618. The van der Waals surface area contributed by atoms with Crippen LogP contribution in [0.1, 0.15) is 182 Å². The number of carbonyl (C=O) groups is 1. The Morgan fingerprint density at radius 1 is 0.703 bits per heavy atom. The van der Waals surface area contributed by atoms with Crippen LogP contribution in [-0.4, -0.2) is 26.6 Å². The normalized spacial score (nSPS) is 27.4. The topological polar surface area (TPSA) is 29.1 Å². The Balaban J connectivity index is 1.96. The van der Waals surface area contributed by atoms with E-state index in [9.17, 15) is 4.79 Å². The number of nitrogens with one attached hydrogen (secondary N) is 1.